The highest BCUT2D eigenvalue weighted by Gasteiger charge is 2.12. The van der Waals surface area contributed by atoms with Gasteiger partial charge in [-0.25, -0.2) is 4.98 Å². The van der Waals surface area contributed by atoms with Crippen LogP contribution in [0.25, 0.3) is 11.1 Å². The minimum atomic E-state index is 0.00104. The largest absolute Gasteiger partial charge is 0.504 e. The summed E-state index contributed by atoms with van der Waals surface area (Å²) in [7, 11) is 0. The molecule has 2 aromatic rings. The van der Waals surface area contributed by atoms with Crippen LogP contribution in [0.4, 0.5) is 5.82 Å². The van der Waals surface area contributed by atoms with E-state index in [0.717, 1.165) is 29.9 Å². The molecule has 0 spiro atoms. The molecule has 0 aromatic carbocycles. The summed E-state index contributed by atoms with van der Waals surface area (Å²) >= 11 is 0. The van der Waals surface area contributed by atoms with Crippen LogP contribution in [0.5, 0.6) is 5.75 Å². The van der Waals surface area contributed by atoms with Gasteiger partial charge in [-0.1, -0.05) is 0 Å². The normalized spacial score (nSPS) is 13.6. The Hall–Kier alpha value is -2.14. The highest BCUT2D eigenvalue weighted by atomic mass is 16.3. The average molecular weight is 228 g/mol. The van der Waals surface area contributed by atoms with Gasteiger partial charge < -0.3 is 16.2 Å². The van der Waals surface area contributed by atoms with Gasteiger partial charge in [-0.15, -0.1) is 0 Å². The summed E-state index contributed by atoms with van der Waals surface area (Å²) < 4.78 is 0. The Kier molecular flexibility index (Phi) is 2.19. The maximum atomic E-state index is 9.53. The molecule has 1 aliphatic rings. The summed E-state index contributed by atoms with van der Waals surface area (Å²) in [6.45, 7) is 1.66. The van der Waals surface area contributed by atoms with E-state index >= 15 is 0 Å². The summed E-state index contributed by atoms with van der Waals surface area (Å²) in [4.78, 5) is 8.32. The number of pyridine rings is 2. The quantitative estimate of drug-likeness (QED) is 0.679. The van der Waals surface area contributed by atoms with Crippen molar-refractivity contribution in [1.82, 2.24) is 15.3 Å². The summed E-state index contributed by atoms with van der Waals surface area (Å²) in [6.07, 6.45) is 3.43. The van der Waals surface area contributed by atoms with Crippen LogP contribution in [0.15, 0.2) is 24.5 Å². The predicted molar refractivity (Wildman–Crippen MR) is 64.1 cm³/mol. The maximum Gasteiger partial charge on any atom is 0.165 e. The number of hydrogen-bond donors (Lipinski definition) is 3. The molecule has 5 heteroatoms. The number of aromatic hydroxyl groups is 1. The Labute approximate surface area is 98.3 Å². The van der Waals surface area contributed by atoms with E-state index in [1.807, 2.05) is 0 Å². The van der Waals surface area contributed by atoms with Gasteiger partial charge in [0.2, 0.25) is 0 Å². The van der Waals surface area contributed by atoms with E-state index in [-0.39, 0.29) is 11.6 Å². The number of hydrogen-bond acceptors (Lipinski definition) is 5. The van der Waals surface area contributed by atoms with Crippen molar-refractivity contribution in [2.75, 3.05) is 5.73 Å². The summed E-state index contributed by atoms with van der Waals surface area (Å²) in [5.74, 6) is 0.144. The number of nitrogens with zero attached hydrogens (tertiary/aromatic N) is 2. The number of aromatic nitrogens is 2. The van der Waals surface area contributed by atoms with Gasteiger partial charge in [0.15, 0.2) is 11.6 Å². The van der Waals surface area contributed by atoms with Gasteiger partial charge in [0.25, 0.3) is 0 Å². The molecule has 0 bridgehead atoms. The number of nitrogen functional groups attached to an aromatic ring is 1. The molecule has 86 valence electrons. The zero-order chi connectivity index (χ0) is 11.8. The molecule has 17 heavy (non-hydrogen) atoms. The Morgan fingerprint density at radius 3 is 2.71 bits per heavy atom. The van der Waals surface area contributed by atoms with E-state index in [0.29, 0.717) is 0 Å². The molecule has 1 aliphatic heterocycles. The van der Waals surface area contributed by atoms with Crippen LogP contribution in [0.3, 0.4) is 0 Å². The standard InChI is InChI=1S/C12H12N4O/c13-12-11(17)2-8(5-16-12)7-1-9-3-14-6-10(9)15-4-7/h1-2,4-5,14,17H,3,6H2,(H2,13,16). The van der Waals surface area contributed by atoms with Crippen LogP contribution >= 0.6 is 0 Å². The molecule has 3 rings (SSSR count). The second kappa shape index (κ2) is 3.71. The minimum Gasteiger partial charge on any atom is -0.504 e. The van der Waals surface area contributed by atoms with Gasteiger partial charge in [-0.3, -0.25) is 4.98 Å². The fourth-order valence-electron chi connectivity index (χ4n) is 1.95. The van der Waals surface area contributed by atoms with Crippen molar-refractivity contribution < 1.29 is 5.11 Å². The van der Waals surface area contributed by atoms with E-state index in [4.69, 9.17) is 5.73 Å². The van der Waals surface area contributed by atoms with Gasteiger partial charge in [0.1, 0.15) is 0 Å². The van der Waals surface area contributed by atoms with Crippen molar-refractivity contribution >= 4 is 5.82 Å². The maximum absolute atomic E-state index is 9.53. The zero-order valence-corrected chi connectivity index (χ0v) is 9.14. The Morgan fingerprint density at radius 1 is 1.12 bits per heavy atom. The molecule has 2 aromatic heterocycles. The monoisotopic (exact) mass is 228 g/mol. The van der Waals surface area contributed by atoms with Gasteiger partial charge in [-0.05, 0) is 17.7 Å². The number of rotatable bonds is 1. The Bertz CT molecular complexity index is 583. The molecule has 5 nitrogen and oxygen atoms in total. The first-order valence-electron chi connectivity index (χ1n) is 5.37. The van der Waals surface area contributed by atoms with E-state index in [1.165, 1.54) is 5.56 Å². The van der Waals surface area contributed by atoms with Crippen LogP contribution in [0.2, 0.25) is 0 Å². The van der Waals surface area contributed by atoms with Gasteiger partial charge in [0, 0.05) is 36.6 Å². The van der Waals surface area contributed by atoms with Crippen molar-refractivity contribution in [2.45, 2.75) is 13.1 Å². The summed E-state index contributed by atoms with van der Waals surface area (Å²) in [5.41, 5.74) is 9.51. The molecule has 0 unspecified atom stereocenters. The molecule has 0 atom stereocenters. The van der Waals surface area contributed by atoms with Gasteiger partial charge in [0.05, 0.1) is 5.69 Å². The van der Waals surface area contributed by atoms with Crippen molar-refractivity contribution in [3.63, 3.8) is 0 Å². The topological polar surface area (TPSA) is 84.1 Å². The van der Waals surface area contributed by atoms with Crippen LogP contribution < -0.4 is 11.1 Å². The molecular formula is C12H12N4O. The van der Waals surface area contributed by atoms with Crippen molar-refractivity contribution in [3.8, 4) is 16.9 Å². The fourth-order valence-corrected chi connectivity index (χ4v) is 1.95. The lowest BCUT2D eigenvalue weighted by Crippen LogP contribution is -2.00. The molecule has 3 heterocycles. The third kappa shape index (κ3) is 1.70. The van der Waals surface area contributed by atoms with Crippen LogP contribution in [-0.2, 0) is 13.1 Å². The summed E-state index contributed by atoms with van der Waals surface area (Å²) in [6, 6.07) is 3.67. The zero-order valence-electron chi connectivity index (χ0n) is 9.14. The van der Waals surface area contributed by atoms with Gasteiger partial charge >= 0.3 is 0 Å². The fraction of sp³-hybridized carbons (Fsp3) is 0.167. The third-order valence-corrected chi connectivity index (χ3v) is 2.90. The van der Waals surface area contributed by atoms with Crippen molar-refractivity contribution in [3.05, 3.63) is 35.8 Å². The van der Waals surface area contributed by atoms with Crippen molar-refractivity contribution in [2.24, 2.45) is 0 Å². The molecule has 0 saturated carbocycles. The van der Waals surface area contributed by atoms with E-state index < -0.39 is 0 Å². The molecule has 0 fully saturated rings. The first kappa shape index (κ1) is 10.0. The minimum absolute atomic E-state index is 0.00104. The van der Waals surface area contributed by atoms with Crippen molar-refractivity contribution in [1.29, 1.82) is 0 Å². The molecular weight excluding hydrogens is 216 g/mol. The number of anilines is 1. The van der Waals surface area contributed by atoms with Crippen LogP contribution in [0, 0.1) is 0 Å². The van der Waals surface area contributed by atoms with E-state index in [1.54, 1.807) is 18.5 Å². The highest BCUT2D eigenvalue weighted by Crippen LogP contribution is 2.27. The second-order valence-electron chi connectivity index (χ2n) is 4.06. The molecule has 0 radical (unpaired) electrons. The van der Waals surface area contributed by atoms with E-state index in [9.17, 15) is 5.11 Å². The smallest absolute Gasteiger partial charge is 0.165 e. The SMILES string of the molecule is Nc1ncc(-c2cnc3c(c2)CNC3)cc1O. The van der Waals surface area contributed by atoms with Gasteiger partial charge in [-0.2, -0.15) is 0 Å². The molecule has 0 amide bonds. The summed E-state index contributed by atoms with van der Waals surface area (Å²) in [5, 5.41) is 12.8. The average Bonchev–Trinajstić information content (AvgIpc) is 2.79. The van der Waals surface area contributed by atoms with Crippen LogP contribution in [0.1, 0.15) is 11.3 Å². The number of nitrogens with two attached hydrogens (primary N) is 1. The Morgan fingerprint density at radius 2 is 1.88 bits per heavy atom. The molecule has 0 aliphatic carbocycles. The second-order valence-corrected chi connectivity index (χ2v) is 4.06. The predicted octanol–water partition coefficient (Wildman–Crippen LogP) is 1.03. The third-order valence-electron chi connectivity index (χ3n) is 2.90. The lowest BCUT2D eigenvalue weighted by atomic mass is 10.1. The Balaban J connectivity index is 2.06. The number of fused-ring (bicyclic) bond motifs is 1. The highest BCUT2D eigenvalue weighted by molar-refractivity contribution is 5.66. The van der Waals surface area contributed by atoms with E-state index in [2.05, 4.69) is 21.4 Å². The van der Waals surface area contributed by atoms with Crippen LogP contribution in [-0.4, -0.2) is 15.1 Å². The molecule has 4 N–H and O–H groups in total. The lowest BCUT2D eigenvalue weighted by Gasteiger charge is -2.05. The molecule has 0 saturated heterocycles. The lowest BCUT2D eigenvalue weighted by molar-refractivity contribution is 0.476. The first-order chi connectivity index (χ1) is 8.24. The first-order valence-corrected chi connectivity index (χ1v) is 5.37. The number of nitrogens with one attached hydrogen (secondary N) is 1.